The summed E-state index contributed by atoms with van der Waals surface area (Å²) in [5, 5.41) is 9.39. The molecule has 24 heavy (non-hydrogen) atoms. The Morgan fingerprint density at radius 3 is 2.62 bits per heavy atom. The van der Waals surface area contributed by atoms with Crippen LogP contribution in [0.15, 0.2) is 16.8 Å². The van der Waals surface area contributed by atoms with E-state index in [0.29, 0.717) is 15.4 Å². The van der Waals surface area contributed by atoms with Gasteiger partial charge in [0.25, 0.3) is 5.91 Å². The summed E-state index contributed by atoms with van der Waals surface area (Å²) in [5.41, 5.74) is 1.64. The minimum absolute atomic E-state index is 0.206. The third-order valence-corrected chi connectivity index (χ3v) is 5.20. The molecule has 0 fully saturated rings. The zero-order chi connectivity index (χ0) is 17.7. The number of esters is 1. The fourth-order valence-electron chi connectivity index (χ4n) is 2.13. The monoisotopic (exact) mass is 366 g/mol. The van der Waals surface area contributed by atoms with E-state index in [-0.39, 0.29) is 30.4 Å². The van der Waals surface area contributed by atoms with Crippen LogP contribution in [0.25, 0.3) is 0 Å². The van der Waals surface area contributed by atoms with Crippen molar-refractivity contribution in [3.63, 3.8) is 0 Å². The highest BCUT2D eigenvalue weighted by Crippen LogP contribution is 2.33. The Hall–Kier alpha value is -2.19. The second kappa shape index (κ2) is 8.07. The molecule has 0 unspecified atom stereocenters. The first-order valence-corrected chi connectivity index (χ1v) is 9.07. The maximum Gasteiger partial charge on any atom is 0.341 e. The second-order valence-electron chi connectivity index (χ2n) is 4.92. The van der Waals surface area contributed by atoms with Crippen LogP contribution in [0.2, 0.25) is 0 Å². The van der Waals surface area contributed by atoms with Gasteiger partial charge in [0, 0.05) is 7.05 Å². The van der Waals surface area contributed by atoms with Crippen LogP contribution in [0.1, 0.15) is 38.1 Å². The Bertz CT molecular complexity index is 750. The van der Waals surface area contributed by atoms with Crippen molar-refractivity contribution in [2.75, 3.05) is 19.0 Å². The van der Waals surface area contributed by atoms with E-state index in [1.807, 2.05) is 16.8 Å². The number of amides is 2. The highest BCUT2D eigenvalue weighted by molar-refractivity contribution is 7.18. The number of nitrogens with one attached hydrogen (secondary N) is 2. The van der Waals surface area contributed by atoms with Gasteiger partial charge in [-0.1, -0.05) is 0 Å². The van der Waals surface area contributed by atoms with Crippen LogP contribution < -0.4 is 10.6 Å². The van der Waals surface area contributed by atoms with E-state index >= 15 is 0 Å². The molecule has 0 aromatic carbocycles. The van der Waals surface area contributed by atoms with Crippen molar-refractivity contribution >= 4 is 45.5 Å². The summed E-state index contributed by atoms with van der Waals surface area (Å²) in [6, 6.07) is 1.87. The molecule has 2 aromatic heterocycles. The van der Waals surface area contributed by atoms with Gasteiger partial charge >= 0.3 is 5.97 Å². The molecule has 2 N–H and O–H groups in total. The van der Waals surface area contributed by atoms with Gasteiger partial charge in [-0.15, -0.1) is 11.3 Å². The molecule has 2 heterocycles. The molecule has 0 radical (unpaired) electrons. The Labute approximate surface area is 147 Å². The lowest BCUT2D eigenvalue weighted by Gasteiger charge is -2.06. The van der Waals surface area contributed by atoms with Gasteiger partial charge in [-0.25, -0.2) is 4.79 Å². The molecular weight excluding hydrogens is 348 g/mol. The summed E-state index contributed by atoms with van der Waals surface area (Å²) in [6.07, 6.45) is 0.206. The molecule has 0 bridgehead atoms. The summed E-state index contributed by atoms with van der Waals surface area (Å²) in [5.74, 6) is -1.10. The minimum Gasteiger partial charge on any atom is -0.462 e. The Balaban J connectivity index is 2.30. The number of carbonyl (C=O) groups excluding carboxylic acids is 3. The lowest BCUT2D eigenvalue weighted by Crippen LogP contribution is -2.18. The number of thiophene rings is 2. The van der Waals surface area contributed by atoms with Crippen molar-refractivity contribution < 1.29 is 19.1 Å². The Kier molecular flexibility index (Phi) is 6.10. The number of hydrogen-bond acceptors (Lipinski definition) is 6. The summed E-state index contributed by atoms with van der Waals surface area (Å²) < 4.78 is 5.05. The van der Waals surface area contributed by atoms with E-state index in [9.17, 15) is 14.4 Å². The van der Waals surface area contributed by atoms with Gasteiger partial charge in [-0.3, -0.25) is 9.59 Å². The zero-order valence-corrected chi connectivity index (χ0v) is 15.2. The lowest BCUT2D eigenvalue weighted by atomic mass is 10.1. The molecule has 0 aliphatic rings. The molecule has 6 nitrogen and oxygen atoms in total. The topological polar surface area (TPSA) is 84.5 Å². The molecule has 0 spiro atoms. The highest BCUT2D eigenvalue weighted by Gasteiger charge is 2.26. The molecule has 0 aliphatic heterocycles. The molecule has 8 heteroatoms. The van der Waals surface area contributed by atoms with E-state index < -0.39 is 5.97 Å². The quantitative estimate of drug-likeness (QED) is 0.770. The van der Waals surface area contributed by atoms with Crippen LogP contribution in [0, 0.1) is 6.92 Å². The van der Waals surface area contributed by atoms with Gasteiger partial charge < -0.3 is 15.4 Å². The van der Waals surface area contributed by atoms with Gasteiger partial charge in [-0.05, 0) is 41.8 Å². The van der Waals surface area contributed by atoms with Crippen LogP contribution in [0.4, 0.5) is 5.00 Å². The van der Waals surface area contributed by atoms with Crippen molar-refractivity contribution in [1.82, 2.24) is 5.32 Å². The molecule has 2 rings (SSSR count). The molecule has 0 saturated heterocycles. The number of anilines is 1. The van der Waals surface area contributed by atoms with Crippen LogP contribution in [0.5, 0.6) is 0 Å². The van der Waals surface area contributed by atoms with E-state index in [1.165, 1.54) is 18.4 Å². The molecule has 0 saturated carbocycles. The number of rotatable bonds is 6. The first-order chi connectivity index (χ1) is 11.5. The van der Waals surface area contributed by atoms with Crippen LogP contribution in [-0.4, -0.2) is 31.4 Å². The first kappa shape index (κ1) is 18.2. The fraction of sp³-hybridized carbons (Fsp3) is 0.312. The second-order valence-corrected chi connectivity index (χ2v) is 6.72. The predicted octanol–water partition coefficient (Wildman–Crippen LogP) is 2.84. The fourth-order valence-corrected chi connectivity index (χ4v) is 3.96. The summed E-state index contributed by atoms with van der Waals surface area (Å²) in [6.45, 7) is 3.58. The zero-order valence-electron chi connectivity index (χ0n) is 13.6. The van der Waals surface area contributed by atoms with Crippen molar-refractivity contribution in [2.45, 2.75) is 20.3 Å². The largest absolute Gasteiger partial charge is 0.462 e. The standard InChI is InChI=1S/C16H18N2O4S2/c1-4-22-16(21)12-9(2)13(14(20)17-3)24-15(12)18-11(19)7-10-5-6-23-8-10/h5-6,8H,4,7H2,1-3H3,(H,17,20)(H,18,19). The summed E-state index contributed by atoms with van der Waals surface area (Å²) >= 11 is 2.58. The van der Waals surface area contributed by atoms with Crippen molar-refractivity contribution in [2.24, 2.45) is 0 Å². The van der Waals surface area contributed by atoms with Crippen molar-refractivity contribution in [1.29, 1.82) is 0 Å². The highest BCUT2D eigenvalue weighted by atomic mass is 32.1. The smallest absolute Gasteiger partial charge is 0.341 e. The molecule has 128 valence electrons. The first-order valence-electron chi connectivity index (χ1n) is 7.31. The van der Waals surface area contributed by atoms with Gasteiger partial charge in [0.05, 0.1) is 23.5 Å². The van der Waals surface area contributed by atoms with Gasteiger partial charge in [-0.2, -0.15) is 11.3 Å². The van der Waals surface area contributed by atoms with Crippen molar-refractivity contribution in [3.05, 3.63) is 38.4 Å². The average Bonchev–Trinajstić information content (AvgIpc) is 3.14. The average molecular weight is 366 g/mol. The minimum atomic E-state index is -0.549. The summed E-state index contributed by atoms with van der Waals surface area (Å²) in [7, 11) is 1.51. The maximum atomic E-state index is 12.2. The van der Waals surface area contributed by atoms with E-state index in [1.54, 1.807) is 13.8 Å². The Morgan fingerprint density at radius 2 is 2.04 bits per heavy atom. The van der Waals surface area contributed by atoms with Gasteiger partial charge in [0.2, 0.25) is 5.91 Å². The number of hydrogen-bond donors (Lipinski definition) is 2. The third-order valence-electron chi connectivity index (χ3n) is 3.26. The van der Waals surface area contributed by atoms with Gasteiger partial charge in [0.15, 0.2) is 0 Å². The van der Waals surface area contributed by atoms with Gasteiger partial charge in [0.1, 0.15) is 5.00 Å². The predicted molar refractivity (Wildman–Crippen MR) is 95.1 cm³/mol. The van der Waals surface area contributed by atoms with Crippen LogP contribution >= 0.6 is 22.7 Å². The van der Waals surface area contributed by atoms with Crippen molar-refractivity contribution in [3.8, 4) is 0 Å². The Morgan fingerprint density at radius 1 is 1.29 bits per heavy atom. The maximum absolute atomic E-state index is 12.2. The molecule has 2 amide bonds. The molecule has 2 aromatic rings. The van der Waals surface area contributed by atoms with Crippen LogP contribution in [-0.2, 0) is 16.0 Å². The summed E-state index contributed by atoms with van der Waals surface area (Å²) in [4.78, 5) is 36.8. The molecule has 0 aliphatic carbocycles. The van der Waals surface area contributed by atoms with Crippen LogP contribution in [0.3, 0.4) is 0 Å². The number of ether oxygens (including phenoxy) is 1. The van der Waals surface area contributed by atoms with E-state index in [2.05, 4.69) is 10.6 Å². The SMILES string of the molecule is CCOC(=O)c1c(NC(=O)Cc2ccsc2)sc(C(=O)NC)c1C. The third kappa shape index (κ3) is 4.01. The number of carbonyl (C=O) groups is 3. The normalized spacial score (nSPS) is 10.3. The molecule has 0 atom stereocenters. The lowest BCUT2D eigenvalue weighted by molar-refractivity contribution is -0.115. The van der Waals surface area contributed by atoms with E-state index in [4.69, 9.17) is 4.74 Å². The van der Waals surface area contributed by atoms with E-state index in [0.717, 1.165) is 16.9 Å². The molecular formula is C16H18N2O4S2.